The summed E-state index contributed by atoms with van der Waals surface area (Å²) in [7, 11) is 5.30. The van der Waals surface area contributed by atoms with Gasteiger partial charge >= 0.3 is 0 Å². The van der Waals surface area contributed by atoms with Gasteiger partial charge in [0.15, 0.2) is 5.82 Å². The smallest absolute Gasteiger partial charge is 0.236 e. The first-order chi connectivity index (χ1) is 11.4. The average Bonchev–Trinajstić information content (AvgIpc) is 2.54. The second-order valence-corrected chi connectivity index (χ2v) is 5.75. The molecule has 2 aromatic rings. The first-order valence-corrected chi connectivity index (χ1v) is 7.60. The number of nitrogens with one attached hydrogen (secondary N) is 1. The Morgan fingerprint density at radius 2 is 1.83 bits per heavy atom. The Hall–Kier alpha value is -2.74. The van der Waals surface area contributed by atoms with E-state index in [1.165, 1.54) is 0 Å². The molecule has 0 fully saturated rings. The van der Waals surface area contributed by atoms with Crippen molar-refractivity contribution in [2.75, 3.05) is 38.7 Å². The predicted octanol–water partition coefficient (Wildman–Crippen LogP) is 1.28. The molecule has 1 aromatic carbocycles. The molecule has 0 bridgehead atoms. The third-order valence-electron chi connectivity index (χ3n) is 3.62. The van der Waals surface area contributed by atoms with Gasteiger partial charge in [-0.05, 0) is 26.1 Å². The molecule has 0 spiro atoms. The summed E-state index contributed by atoms with van der Waals surface area (Å²) in [5.74, 6) is 1.03. The van der Waals surface area contributed by atoms with Crippen LogP contribution < -0.4 is 11.1 Å². The fourth-order valence-electron chi connectivity index (χ4n) is 1.99. The summed E-state index contributed by atoms with van der Waals surface area (Å²) in [6.07, 6.45) is 0. The maximum Gasteiger partial charge on any atom is 0.236 e. The minimum absolute atomic E-state index is 0.00834. The van der Waals surface area contributed by atoms with E-state index >= 15 is 0 Å². The highest BCUT2D eigenvalue weighted by Crippen LogP contribution is 2.18. The standard InChI is InChI=1S/C16H23N7O/c1-11(23(4)10-13(24)22(2)3)14-19-15(17)21-16(20-14)18-12-8-6-5-7-9-12/h5-9,11H,10H2,1-4H3,(H3,17,18,19,20,21)/t11-/m0/s1. The van der Waals surface area contributed by atoms with Gasteiger partial charge in [-0.25, -0.2) is 0 Å². The number of hydrogen-bond donors (Lipinski definition) is 2. The van der Waals surface area contributed by atoms with Crippen molar-refractivity contribution in [1.82, 2.24) is 24.8 Å². The zero-order valence-corrected chi connectivity index (χ0v) is 14.4. The number of hydrogen-bond acceptors (Lipinski definition) is 7. The molecule has 0 aliphatic carbocycles. The first kappa shape index (κ1) is 17.6. The molecule has 0 radical (unpaired) electrons. The Balaban J connectivity index is 2.16. The molecule has 3 N–H and O–H groups in total. The van der Waals surface area contributed by atoms with Gasteiger partial charge in [0.1, 0.15) is 0 Å². The zero-order valence-electron chi connectivity index (χ0n) is 14.4. The van der Waals surface area contributed by atoms with Crippen LogP contribution in [0.15, 0.2) is 30.3 Å². The molecule has 0 saturated heterocycles. The van der Waals surface area contributed by atoms with Crippen LogP contribution in [-0.2, 0) is 4.79 Å². The normalized spacial score (nSPS) is 12.0. The lowest BCUT2D eigenvalue weighted by molar-refractivity contribution is -0.130. The lowest BCUT2D eigenvalue weighted by atomic mass is 10.2. The molecule has 0 unspecified atom stereocenters. The lowest BCUT2D eigenvalue weighted by Crippen LogP contribution is -2.36. The van der Waals surface area contributed by atoms with Gasteiger partial charge in [0.05, 0.1) is 12.6 Å². The number of likely N-dealkylation sites (N-methyl/N-ethyl adjacent to an activating group) is 2. The third-order valence-corrected chi connectivity index (χ3v) is 3.62. The number of aromatic nitrogens is 3. The van der Waals surface area contributed by atoms with Crippen LogP contribution in [-0.4, -0.2) is 58.3 Å². The Bertz CT molecular complexity index is 690. The summed E-state index contributed by atoms with van der Waals surface area (Å²) >= 11 is 0. The molecule has 2 rings (SSSR count). The van der Waals surface area contributed by atoms with Crippen molar-refractivity contribution in [2.45, 2.75) is 13.0 Å². The molecule has 8 heteroatoms. The van der Waals surface area contributed by atoms with Crippen LogP contribution in [0.3, 0.4) is 0 Å². The Kier molecular flexibility index (Phi) is 5.64. The van der Waals surface area contributed by atoms with E-state index in [2.05, 4.69) is 20.3 Å². The van der Waals surface area contributed by atoms with E-state index in [4.69, 9.17) is 5.73 Å². The number of benzene rings is 1. The molecule has 0 aliphatic heterocycles. The van der Waals surface area contributed by atoms with Gasteiger partial charge in [-0.15, -0.1) is 0 Å². The van der Waals surface area contributed by atoms with Gasteiger partial charge in [0, 0.05) is 19.8 Å². The van der Waals surface area contributed by atoms with Gasteiger partial charge in [0.2, 0.25) is 17.8 Å². The molecule has 8 nitrogen and oxygen atoms in total. The molecule has 0 aliphatic rings. The quantitative estimate of drug-likeness (QED) is 0.823. The molecule has 1 aromatic heterocycles. The fourth-order valence-corrected chi connectivity index (χ4v) is 1.99. The molecule has 0 saturated carbocycles. The molecule has 1 amide bonds. The number of carbonyl (C=O) groups excluding carboxylic acids is 1. The Morgan fingerprint density at radius 3 is 2.46 bits per heavy atom. The van der Waals surface area contributed by atoms with E-state index in [-0.39, 0.29) is 24.4 Å². The van der Waals surface area contributed by atoms with Crippen molar-refractivity contribution >= 4 is 23.5 Å². The summed E-state index contributed by atoms with van der Waals surface area (Å²) in [6.45, 7) is 2.19. The highest BCUT2D eigenvalue weighted by molar-refractivity contribution is 5.77. The van der Waals surface area contributed by atoms with E-state index in [0.717, 1.165) is 5.69 Å². The van der Waals surface area contributed by atoms with E-state index < -0.39 is 0 Å². The number of para-hydroxylation sites is 1. The highest BCUT2D eigenvalue weighted by atomic mass is 16.2. The van der Waals surface area contributed by atoms with Crippen molar-refractivity contribution in [3.8, 4) is 0 Å². The lowest BCUT2D eigenvalue weighted by Gasteiger charge is -2.24. The van der Waals surface area contributed by atoms with Gasteiger partial charge < -0.3 is 16.0 Å². The second kappa shape index (κ2) is 7.69. The number of carbonyl (C=O) groups is 1. The monoisotopic (exact) mass is 329 g/mol. The molecular weight excluding hydrogens is 306 g/mol. The summed E-state index contributed by atoms with van der Waals surface area (Å²) < 4.78 is 0. The molecule has 24 heavy (non-hydrogen) atoms. The third kappa shape index (κ3) is 4.63. The van der Waals surface area contributed by atoms with Gasteiger partial charge in [0.25, 0.3) is 0 Å². The van der Waals surface area contributed by atoms with Crippen LogP contribution in [0.25, 0.3) is 0 Å². The highest BCUT2D eigenvalue weighted by Gasteiger charge is 2.19. The Labute approximate surface area is 141 Å². The predicted molar refractivity (Wildman–Crippen MR) is 93.7 cm³/mol. The number of amides is 1. The summed E-state index contributed by atoms with van der Waals surface area (Å²) in [5.41, 5.74) is 6.66. The van der Waals surface area contributed by atoms with Crippen molar-refractivity contribution in [3.63, 3.8) is 0 Å². The minimum atomic E-state index is -0.185. The second-order valence-electron chi connectivity index (χ2n) is 5.75. The molecule has 1 atom stereocenters. The largest absolute Gasteiger partial charge is 0.368 e. The van der Waals surface area contributed by atoms with Crippen LogP contribution in [0.5, 0.6) is 0 Å². The summed E-state index contributed by atoms with van der Waals surface area (Å²) in [4.78, 5) is 28.0. The van der Waals surface area contributed by atoms with Crippen LogP contribution in [0.1, 0.15) is 18.8 Å². The maximum absolute atomic E-state index is 11.9. The van der Waals surface area contributed by atoms with E-state index in [0.29, 0.717) is 11.8 Å². The number of nitrogen functional groups attached to an aromatic ring is 1. The van der Waals surface area contributed by atoms with Crippen LogP contribution in [0.2, 0.25) is 0 Å². The van der Waals surface area contributed by atoms with Crippen molar-refractivity contribution < 1.29 is 4.79 Å². The summed E-state index contributed by atoms with van der Waals surface area (Å²) in [6, 6.07) is 9.39. The van der Waals surface area contributed by atoms with Crippen LogP contribution in [0.4, 0.5) is 17.6 Å². The number of anilines is 3. The van der Waals surface area contributed by atoms with Crippen LogP contribution in [0, 0.1) is 0 Å². The molecule has 128 valence electrons. The number of nitrogens with zero attached hydrogens (tertiary/aromatic N) is 5. The van der Waals surface area contributed by atoms with Crippen molar-refractivity contribution in [2.24, 2.45) is 0 Å². The van der Waals surface area contributed by atoms with E-state index in [9.17, 15) is 4.79 Å². The molecular formula is C16H23N7O. The number of nitrogens with two attached hydrogens (primary N) is 1. The zero-order chi connectivity index (χ0) is 17.7. The van der Waals surface area contributed by atoms with E-state index in [1.54, 1.807) is 19.0 Å². The fraction of sp³-hybridized carbons (Fsp3) is 0.375. The van der Waals surface area contributed by atoms with Gasteiger partial charge in [-0.1, -0.05) is 18.2 Å². The molecule has 1 heterocycles. The van der Waals surface area contributed by atoms with E-state index in [1.807, 2.05) is 49.2 Å². The first-order valence-electron chi connectivity index (χ1n) is 7.60. The van der Waals surface area contributed by atoms with Gasteiger partial charge in [-0.3, -0.25) is 9.69 Å². The average molecular weight is 329 g/mol. The van der Waals surface area contributed by atoms with Crippen LogP contribution >= 0.6 is 0 Å². The summed E-state index contributed by atoms with van der Waals surface area (Å²) in [5, 5.41) is 3.10. The Morgan fingerprint density at radius 1 is 1.17 bits per heavy atom. The van der Waals surface area contributed by atoms with Crippen molar-refractivity contribution in [3.05, 3.63) is 36.2 Å². The SMILES string of the molecule is C[C@@H](c1nc(N)nc(Nc2ccccc2)n1)N(C)CC(=O)N(C)C. The topological polar surface area (TPSA) is 100 Å². The van der Waals surface area contributed by atoms with Crippen molar-refractivity contribution in [1.29, 1.82) is 0 Å². The van der Waals surface area contributed by atoms with Gasteiger partial charge in [-0.2, -0.15) is 15.0 Å². The number of rotatable bonds is 6. The minimum Gasteiger partial charge on any atom is -0.368 e. The maximum atomic E-state index is 11.9.